The van der Waals surface area contributed by atoms with Gasteiger partial charge in [-0.1, -0.05) is 11.6 Å². The molecule has 0 bridgehead atoms. The number of anilines is 1. The van der Waals surface area contributed by atoms with Crippen LogP contribution in [-0.4, -0.2) is 43.3 Å². The first-order valence-electron chi connectivity index (χ1n) is 11.3. The number of cyclic esters (lactones) is 1. The lowest BCUT2D eigenvalue weighted by atomic mass is 9.92. The lowest BCUT2D eigenvalue weighted by Gasteiger charge is -2.28. The van der Waals surface area contributed by atoms with E-state index >= 15 is 0 Å². The molecule has 0 unspecified atom stereocenters. The molecule has 194 valence electrons. The number of allylic oxidation sites excluding steroid dienone is 2. The Kier molecular flexibility index (Phi) is 8.62. The van der Waals surface area contributed by atoms with Crippen LogP contribution in [0.2, 0.25) is 0 Å². The molecule has 0 atom stereocenters. The highest BCUT2D eigenvalue weighted by Crippen LogP contribution is 2.44. The quantitative estimate of drug-likeness (QED) is 0.361. The minimum absolute atomic E-state index is 0.0578. The van der Waals surface area contributed by atoms with Crippen LogP contribution in [-0.2, 0) is 32.1 Å². The maximum absolute atomic E-state index is 13.4. The summed E-state index contributed by atoms with van der Waals surface area (Å²) in [6, 6.07) is 0. The van der Waals surface area contributed by atoms with Crippen molar-refractivity contribution in [3.05, 3.63) is 33.9 Å². The van der Waals surface area contributed by atoms with Crippen molar-refractivity contribution in [2.24, 2.45) is 0 Å². The summed E-state index contributed by atoms with van der Waals surface area (Å²) in [5, 5.41) is 0. The zero-order valence-electron chi connectivity index (χ0n) is 21.1. The van der Waals surface area contributed by atoms with Gasteiger partial charge in [0.05, 0.1) is 18.4 Å². The van der Waals surface area contributed by atoms with E-state index in [9.17, 15) is 27.6 Å². The van der Waals surface area contributed by atoms with Gasteiger partial charge < -0.3 is 19.1 Å². The normalized spacial score (nSPS) is 13.9. The summed E-state index contributed by atoms with van der Waals surface area (Å²) < 4.78 is 56.2. The Morgan fingerprint density at radius 1 is 1.17 bits per heavy atom. The molecule has 7 nitrogen and oxygen atoms in total. The summed E-state index contributed by atoms with van der Waals surface area (Å²) in [5.41, 5.74) is 1.17. The van der Waals surface area contributed by atoms with E-state index in [0.29, 0.717) is 22.4 Å². The van der Waals surface area contributed by atoms with E-state index in [4.69, 9.17) is 14.2 Å². The second kappa shape index (κ2) is 10.7. The zero-order valence-corrected chi connectivity index (χ0v) is 21.1. The molecule has 1 aliphatic rings. The van der Waals surface area contributed by atoms with Gasteiger partial charge in [-0.15, -0.1) is 0 Å². The number of ether oxygens (including phenoxy) is 3. The molecule has 1 aliphatic heterocycles. The number of hydrogen-bond acceptors (Lipinski definition) is 6. The van der Waals surface area contributed by atoms with Crippen molar-refractivity contribution < 1.29 is 41.8 Å². The summed E-state index contributed by atoms with van der Waals surface area (Å²) in [4.78, 5) is 37.4. The minimum Gasteiger partial charge on any atom is -0.496 e. The first kappa shape index (κ1) is 28.2. The van der Waals surface area contributed by atoms with Gasteiger partial charge in [0, 0.05) is 24.1 Å². The Bertz CT molecular complexity index is 1040. The average Bonchev–Trinajstić information content (AvgIpc) is 3.12. The number of amides is 1. The molecule has 1 heterocycles. The monoisotopic (exact) mass is 499 g/mol. The Morgan fingerprint density at radius 2 is 1.80 bits per heavy atom. The maximum Gasteiger partial charge on any atom is 0.471 e. The van der Waals surface area contributed by atoms with Gasteiger partial charge in [-0.2, -0.15) is 13.2 Å². The second-order valence-electron chi connectivity index (χ2n) is 9.30. The second-order valence-corrected chi connectivity index (χ2v) is 9.30. The molecular formula is C25H32F3NO6. The van der Waals surface area contributed by atoms with Gasteiger partial charge >= 0.3 is 24.0 Å². The topological polar surface area (TPSA) is 82.1 Å². The van der Waals surface area contributed by atoms with Gasteiger partial charge in [0.1, 0.15) is 18.0 Å². The highest BCUT2D eigenvalue weighted by molar-refractivity contribution is 6.08. The fourth-order valence-electron chi connectivity index (χ4n) is 3.95. The Hall–Kier alpha value is -3.04. The number of methoxy groups -OCH3 is 1. The van der Waals surface area contributed by atoms with Crippen LogP contribution in [0.5, 0.6) is 5.75 Å². The molecule has 0 aliphatic carbocycles. The molecule has 0 aromatic heterocycles. The summed E-state index contributed by atoms with van der Waals surface area (Å²) >= 11 is 0. The number of benzene rings is 1. The van der Waals surface area contributed by atoms with Crippen LogP contribution in [0.15, 0.2) is 11.6 Å². The molecule has 0 radical (unpaired) electrons. The van der Waals surface area contributed by atoms with Crippen LogP contribution in [0.4, 0.5) is 18.9 Å². The van der Waals surface area contributed by atoms with Crippen LogP contribution < -0.4 is 9.64 Å². The zero-order chi connectivity index (χ0) is 26.7. The number of hydrogen-bond donors (Lipinski definition) is 0. The van der Waals surface area contributed by atoms with Crippen LogP contribution in [0, 0.1) is 6.92 Å². The average molecular weight is 500 g/mol. The Morgan fingerprint density at radius 3 is 2.31 bits per heavy atom. The van der Waals surface area contributed by atoms with Crippen molar-refractivity contribution in [1.29, 1.82) is 0 Å². The van der Waals surface area contributed by atoms with Crippen LogP contribution >= 0.6 is 0 Å². The molecular weight excluding hydrogens is 467 g/mol. The lowest BCUT2D eigenvalue weighted by molar-refractivity contribution is -0.170. The third-order valence-electron chi connectivity index (χ3n) is 5.52. The van der Waals surface area contributed by atoms with Crippen molar-refractivity contribution in [3.63, 3.8) is 0 Å². The van der Waals surface area contributed by atoms with Crippen molar-refractivity contribution in [3.8, 4) is 5.75 Å². The van der Waals surface area contributed by atoms with E-state index in [2.05, 4.69) is 0 Å². The van der Waals surface area contributed by atoms with E-state index < -0.39 is 23.7 Å². The minimum atomic E-state index is -5.14. The van der Waals surface area contributed by atoms with Crippen LogP contribution in [0.25, 0.3) is 0 Å². The first-order chi connectivity index (χ1) is 16.1. The number of rotatable bonds is 8. The summed E-state index contributed by atoms with van der Waals surface area (Å²) in [5.74, 6) is -2.96. The van der Waals surface area contributed by atoms with E-state index in [-0.39, 0.29) is 54.5 Å². The van der Waals surface area contributed by atoms with Gasteiger partial charge in [0.2, 0.25) is 0 Å². The first-order valence-corrected chi connectivity index (χ1v) is 11.3. The molecule has 2 rings (SSSR count). The number of carbonyl (C=O) groups excluding carboxylic acids is 3. The van der Waals surface area contributed by atoms with E-state index in [1.54, 1.807) is 40.7 Å². The Balaban J connectivity index is 2.54. The standard InChI is InChI=1S/C25H32F3NO6/c1-8-29(23(32)25(26,27)28)20-16(11-9-14(2)10-12-18(30)35-24(4,5)6)21(33-7)15(3)17-13-34-22(31)19(17)20/h9H,8,10-13H2,1-7H3/b14-9+. The fourth-order valence-corrected chi connectivity index (χ4v) is 3.95. The third-order valence-corrected chi connectivity index (χ3v) is 5.52. The molecule has 35 heavy (non-hydrogen) atoms. The molecule has 1 amide bonds. The molecule has 0 fully saturated rings. The number of carbonyl (C=O) groups is 3. The van der Waals surface area contributed by atoms with Gasteiger partial charge in [-0.3, -0.25) is 9.59 Å². The number of halogens is 3. The molecule has 10 heteroatoms. The Labute approximate surface area is 203 Å². The van der Waals surface area contributed by atoms with Gasteiger partial charge in [0.25, 0.3) is 0 Å². The van der Waals surface area contributed by atoms with Gasteiger partial charge in [-0.25, -0.2) is 4.79 Å². The summed E-state index contributed by atoms with van der Waals surface area (Å²) in [6.45, 7) is 9.73. The summed E-state index contributed by atoms with van der Waals surface area (Å²) in [7, 11) is 1.38. The largest absolute Gasteiger partial charge is 0.496 e. The molecule has 0 N–H and O–H groups in total. The van der Waals surface area contributed by atoms with E-state index in [0.717, 1.165) is 5.57 Å². The van der Waals surface area contributed by atoms with Crippen LogP contribution in [0.3, 0.4) is 0 Å². The summed E-state index contributed by atoms with van der Waals surface area (Å²) in [6.07, 6.45) is -2.82. The number of alkyl halides is 3. The highest BCUT2D eigenvalue weighted by Gasteiger charge is 2.45. The van der Waals surface area contributed by atoms with E-state index in [1.165, 1.54) is 14.0 Å². The SMILES string of the molecule is CCN(C(=O)C(F)(F)F)c1c(C/C=C(\C)CCC(=O)OC(C)(C)C)c(OC)c(C)c2c1C(=O)OC2. The molecule has 0 saturated heterocycles. The molecule has 1 aromatic rings. The predicted molar refractivity (Wildman–Crippen MR) is 123 cm³/mol. The molecule has 0 saturated carbocycles. The maximum atomic E-state index is 13.4. The van der Waals surface area contributed by atoms with Gasteiger partial charge in [-0.05, 0) is 59.9 Å². The van der Waals surface area contributed by atoms with E-state index in [1.807, 2.05) is 0 Å². The number of fused-ring (bicyclic) bond motifs is 1. The highest BCUT2D eigenvalue weighted by atomic mass is 19.4. The number of nitrogens with zero attached hydrogens (tertiary/aromatic N) is 1. The smallest absolute Gasteiger partial charge is 0.471 e. The van der Waals surface area contributed by atoms with Gasteiger partial charge in [0.15, 0.2) is 0 Å². The fraction of sp³-hybridized carbons (Fsp3) is 0.560. The lowest BCUT2D eigenvalue weighted by Crippen LogP contribution is -2.42. The van der Waals surface area contributed by atoms with Crippen molar-refractivity contribution in [1.82, 2.24) is 0 Å². The predicted octanol–water partition coefficient (Wildman–Crippen LogP) is 5.20. The molecule has 0 spiro atoms. The van der Waals surface area contributed by atoms with Crippen molar-refractivity contribution in [2.45, 2.75) is 79.2 Å². The third kappa shape index (κ3) is 6.55. The van der Waals surface area contributed by atoms with Crippen molar-refractivity contribution >= 4 is 23.5 Å². The number of esters is 2. The van der Waals surface area contributed by atoms with Crippen molar-refractivity contribution in [2.75, 3.05) is 18.6 Å². The molecule has 1 aromatic carbocycles. The van der Waals surface area contributed by atoms with Crippen LogP contribution in [0.1, 0.15) is 74.5 Å².